The number of likely N-dealkylation sites (N-methyl/N-ethyl adjacent to an activating group) is 1. The van der Waals surface area contributed by atoms with Crippen LogP contribution in [0.5, 0.6) is 17.2 Å². The van der Waals surface area contributed by atoms with Gasteiger partial charge in [0, 0.05) is 20.1 Å². The number of carbonyl (C=O) groups is 3. The van der Waals surface area contributed by atoms with Crippen LogP contribution >= 0.6 is 0 Å². The van der Waals surface area contributed by atoms with Crippen LogP contribution in [-0.2, 0) is 31.0 Å². The third-order valence-corrected chi connectivity index (χ3v) is 7.14. The first kappa shape index (κ1) is 24.3. The van der Waals surface area contributed by atoms with E-state index in [1.807, 2.05) is 0 Å². The van der Waals surface area contributed by atoms with Crippen LogP contribution in [0.15, 0.2) is 17.1 Å². The highest BCUT2D eigenvalue weighted by Crippen LogP contribution is 2.38. The topological polar surface area (TPSA) is 144 Å². The van der Waals surface area contributed by atoms with Gasteiger partial charge in [-0.05, 0) is 30.5 Å². The van der Waals surface area contributed by atoms with Gasteiger partial charge in [-0.2, -0.15) is 0 Å². The van der Waals surface area contributed by atoms with E-state index in [9.17, 15) is 22.8 Å². The van der Waals surface area contributed by atoms with Gasteiger partial charge < -0.3 is 19.5 Å². The summed E-state index contributed by atoms with van der Waals surface area (Å²) in [5, 5.41) is 2.56. The fourth-order valence-corrected chi connectivity index (χ4v) is 5.20. The molecule has 12 nitrogen and oxygen atoms in total. The number of sulfonamides is 1. The fraction of sp³-hybridized carbons (Fsp3) is 0.500. The Balaban J connectivity index is 1.85. The molecule has 0 bridgehead atoms. The van der Waals surface area contributed by atoms with E-state index in [4.69, 9.17) is 14.2 Å². The smallest absolute Gasteiger partial charge is 0.299 e. The van der Waals surface area contributed by atoms with Crippen LogP contribution < -0.4 is 19.5 Å². The molecular weight excluding hydrogens is 456 g/mol. The maximum Gasteiger partial charge on any atom is 0.299 e. The minimum atomic E-state index is -3.70. The fourth-order valence-electron chi connectivity index (χ4n) is 3.58. The number of benzene rings is 1. The quantitative estimate of drug-likeness (QED) is 0.423. The highest BCUT2D eigenvalue weighted by Gasteiger charge is 2.43. The molecule has 180 valence electrons. The minimum Gasteiger partial charge on any atom is -0.493 e. The van der Waals surface area contributed by atoms with E-state index in [2.05, 4.69) is 10.3 Å². The Morgan fingerprint density at radius 1 is 1.12 bits per heavy atom. The number of nitrogens with zero attached hydrogens (tertiary/aromatic N) is 3. The Kier molecular flexibility index (Phi) is 7.10. The summed E-state index contributed by atoms with van der Waals surface area (Å²) < 4.78 is 41.7. The molecule has 3 rings (SSSR count). The summed E-state index contributed by atoms with van der Waals surface area (Å²) in [6, 6.07) is 1.55. The molecule has 0 spiro atoms. The number of carbonyl (C=O) groups excluding carboxylic acids is 3. The van der Waals surface area contributed by atoms with Crippen LogP contribution in [0, 0.1) is 0 Å². The molecule has 0 saturated carbocycles. The zero-order valence-electron chi connectivity index (χ0n) is 18.8. The molecule has 1 saturated heterocycles. The van der Waals surface area contributed by atoms with Crippen molar-refractivity contribution >= 4 is 33.6 Å². The molecule has 33 heavy (non-hydrogen) atoms. The maximum atomic E-state index is 12.8. The third-order valence-electron chi connectivity index (χ3n) is 5.32. The van der Waals surface area contributed by atoms with E-state index >= 15 is 0 Å². The largest absolute Gasteiger partial charge is 0.493 e. The summed E-state index contributed by atoms with van der Waals surface area (Å²) in [5.41, 5.74) is 0.576. The van der Waals surface area contributed by atoms with E-state index in [0.29, 0.717) is 35.7 Å². The monoisotopic (exact) mass is 482 g/mol. The highest BCUT2D eigenvalue weighted by molar-refractivity contribution is 7.89. The number of hydrogen-bond donors (Lipinski definition) is 1. The second-order valence-corrected chi connectivity index (χ2v) is 9.42. The lowest BCUT2D eigenvalue weighted by Gasteiger charge is -2.35. The maximum absolute atomic E-state index is 12.8. The number of guanidine groups is 1. The zero-order chi connectivity index (χ0) is 24.3. The Morgan fingerprint density at radius 2 is 1.76 bits per heavy atom. The molecule has 1 unspecified atom stereocenters. The van der Waals surface area contributed by atoms with Crippen molar-refractivity contribution in [3.8, 4) is 17.2 Å². The number of methoxy groups -OCH3 is 3. The molecule has 0 radical (unpaired) electrons. The molecule has 2 amide bonds. The number of ether oxygens (including phenoxy) is 3. The number of aliphatic imine (C=N–C) groups is 1. The molecule has 0 aromatic heterocycles. The SMILES string of the molecule is COc1cc(CNC(=O)C2N=C(N3CCCCS3(=O)=O)N(C)C(=O)C2=O)cc(OC)c1OC. The van der Waals surface area contributed by atoms with Gasteiger partial charge in [0.05, 0.1) is 27.1 Å². The van der Waals surface area contributed by atoms with Crippen LogP contribution in [0.4, 0.5) is 0 Å². The van der Waals surface area contributed by atoms with Crippen molar-refractivity contribution in [2.45, 2.75) is 25.4 Å². The van der Waals surface area contributed by atoms with E-state index in [1.165, 1.54) is 28.4 Å². The summed E-state index contributed by atoms with van der Waals surface area (Å²) in [6.07, 6.45) is 1.06. The van der Waals surface area contributed by atoms with Gasteiger partial charge >= 0.3 is 0 Å². The second-order valence-electron chi connectivity index (χ2n) is 7.41. The van der Waals surface area contributed by atoms with Crippen LogP contribution in [0.2, 0.25) is 0 Å². The van der Waals surface area contributed by atoms with E-state index < -0.39 is 33.7 Å². The average Bonchev–Trinajstić information content (AvgIpc) is 2.80. The van der Waals surface area contributed by atoms with Gasteiger partial charge in [0.2, 0.25) is 21.7 Å². The van der Waals surface area contributed by atoms with Crippen LogP contribution in [0.1, 0.15) is 18.4 Å². The predicted octanol–water partition coefficient (Wildman–Crippen LogP) is -0.480. The molecule has 1 atom stereocenters. The number of nitrogens with one attached hydrogen (secondary N) is 1. The van der Waals surface area contributed by atoms with Gasteiger partial charge in [0.25, 0.3) is 17.6 Å². The van der Waals surface area contributed by atoms with Crippen LogP contribution in [0.25, 0.3) is 0 Å². The Bertz CT molecular complexity index is 1080. The first-order valence-electron chi connectivity index (χ1n) is 10.1. The third kappa shape index (κ3) is 4.72. The van der Waals surface area contributed by atoms with Crippen molar-refractivity contribution in [1.29, 1.82) is 0 Å². The molecule has 1 fully saturated rings. The number of amides is 2. The lowest BCUT2D eigenvalue weighted by atomic mass is 10.1. The molecule has 13 heteroatoms. The molecule has 1 N–H and O–H groups in total. The average molecular weight is 483 g/mol. The van der Waals surface area contributed by atoms with E-state index in [-0.39, 0.29) is 24.8 Å². The van der Waals surface area contributed by atoms with Crippen molar-refractivity contribution < 1.29 is 37.0 Å². The molecule has 1 aromatic rings. The van der Waals surface area contributed by atoms with Crippen molar-refractivity contribution in [3.63, 3.8) is 0 Å². The summed E-state index contributed by atoms with van der Waals surface area (Å²) in [6.45, 7) is 0.0863. The number of Topliss-reactive ketones (excluding diaryl/α,β-unsaturated/α-hetero) is 1. The number of ketones is 1. The van der Waals surface area contributed by atoms with Crippen molar-refractivity contribution in [2.75, 3.05) is 40.7 Å². The zero-order valence-corrected chi connectivity index (χ0v) is 19.6. The van der Waals surface area contributed by atoms with Gasteiger partial charge in [0.15, 0.2) is 17.5 Å². The number of hydrogen-bond acceptors (Lipinski definition) is 9. The van der Waals surface area contributed by atoms with Gasteiger partial charge in [-0.3, -0.25) is 19.3 Å². The Morgan fingerprint density at radius 3 is 2.30 bits per heavy atom. The van der Waals surface area contributed by atoms with Gasteiger partial charge in [0.1, 0.15) is 0 Å². The molecule has 0 aliphatic carbocycles. The summed E-state index contributed by atoms with van der Waals surface area (Å²) in [4.78, 5) is 42.7. The summed E-state index contributed by atoms with van der Waals surface area (Å²) in [7, 11) is 1.92. The predicted molar refractivity (Wildman–Crippen MR) is 117 cm³/mol. The van der Waals surface area contributed by atoms with Gasteiger partial charge in [-0.1, -0.05) is 0 Å². The van der Waals surface area contributed by atoms with Gasteiger partial charge in [-0.25, -0.2) is 17.7 Å². The lowest BCUT2D eigenvalue weighted by molar-refractivity contribution is -0.145. The van der Waals surface area contributed by atoms with Crippen LogP contribution in [0.3, 0.4) is 0 Å². The molecule has 2 heterocycles. The van der Waals surface area contributed by atoms with Gasteiger partial charge in [-0.15, -0.1) is 0 Å². The molecule has 2 aliphatic heterocycles. The normalized spacial score (nSPS) is 20.2. The standard InChI is InChI=1S/C20H26N4O8S/c1-23-19(27)16(25)15(22-20(23)24-7-5-6-8-33(24,28)29)18(26)21-11-12-9-13(30-2)17(32-4)14(10-12)31-3/h9-10,15H,5-8,11H2,1-4H3,(H,21,26). The molecule has 2 aliphatic rings. The van der Waals surface area contributed by atoms with E-state index in [0.717, 1.165) is 9.21 Å². The number of rotatable bonds is 6. The lowest BCUT2D eigenvalue weighted by Crippen LogP contribution is -2.58. The first-order chi connectivity index (χ1) is 15.6. The van der Waals surface area contributed by atoms with Crippen LogP contribution in [-0.4, -0.2) is 87.9 Å². The Labute approximate surface area is 191 Å². The van der Waals surface area contributed by atoms with Crippen molar-refractivity contribution in [2.24, 2.45) is 4.99 Å². The second kappa shape index (κ2) is 9.65. The highest BCUT2D eigenvalue weighted by atomic mass is 32.2. The first-order valence-corrected chi connectivity index (χ1v) is 11.7. The van der Waals surface area contributed by atoms with Crippen molar-refractivity contribution in [1.82, 2.24) is 14.5 Å². The summed E-state index contributed by atoms with van der Waals surface area (Å²) in [5.74, 6) is -2.08. The van der Waals surface area contributed by atoms with E-state index in [1.54, 1.807) is 12.1 Å². The Hall–Kier alpha value is -3.35. The minimum absolute atomic E-state index is 0.0315. The summed E-state index contributed by atoms with van der Waals surface area (Å²) >= 11 is 0. The molecule has 1 aromatic carbocycles. The van der Waals surface area contributed by atoms with Crippen molar-refractivity contribution in [3.05, 3.63) is 17.7 Å². The molecular formula is C20H26N4O8S.